The molecule has 7 heteroatoms. The molecule has 0 atom stereocenters. The number of primary amides is 1. The predicted octanol–water partition coefficient (Wildman–Crippen LogP) is 0.430. The Hall–Kier alpha value is -2.44. The smallest absolute Gasteiger partial charge is 0.271 e. The number of benzene rings is 1. The topological polar surface area (TPSA) is 104 Å². The van der Waals surface area contributed by atoms with E-state index in [1.807, 2.05) is 0 Å². The standard InChI is InChI=1S/C9H8N4O3/c10-9(14)5-12-8-3-7(13(15)16)2-1-6(8)4-11-12/h1-4H,5H2,(H2,10,14). The Kier molecular flexibility index (Phi) is 2.28. The first-order valence-corrected chi connectivity index (χ1v) is 4.46. The zero-order valence-electron chi connectivity index (χ0n) is 8.16. The third kappa shape index (κ3) is 1.70. The van der Waals surface area contributed by atoms with Gasteiger partial charge in [-0.3, -0.25) is 19.6 Å². The Labute approximate surface area is 89.6 Å². The number of carbonyl (C=O) groups is 1. The molecule has 16 heavy (non-hydrogen) atoms. The maximum atomic E-state index is 10.8. The molecule has 0 aliphatic rings. The summed E-state index contributed by atoms with van der Waals surface area (Å²) in [7, 11) is 0. The zero-order chi connectivity index (χ0) is 11.7. The molecule has 1 aromatic carbocycles. The Bertz CT molecular complexity index is 575. The van der Waals surface area contributed by atoms with E-state index in [0.29, 0.717) is 5.52 Å². The second-order valence-corrected chi connectivity index (χ2v) is 3.27. The van der Waals surface area contributed by atoms with Crippen LogP contribution in [-0.4, -0.2) is 20.6 Å². The summed E-state index contributed by atoms with van der Waals surface area (Å²) in [6, 6.07) is 4.34. The maximum Gasteiger partial charge on any atom is 0.271 e. The second-order valence-electron chi connectivity index (χ2n) is 3.27. The Morgan fingerprint density at radius 1 is 1.56 bits per heavy atom. The number of nitrogens with zero attached hydrogens (tertiary/aromatic N) is 3. The first-order chi connectivity index (χ1) is 7.58. The van der Waals surface area contributed by atoms with Gasteiger partial charge in [0.15, 0.2) is 0 Å². The summed E-state index contributed by atoms with van der Waals surface area (Å²) in [5.41, 5.74) is 5.52. The predicted molar refractivity (Wildman–Crippen MR) is 55.6 cm³/mol. The highest BCUT2D eigenvalue weighted by molar-refractivity contribution is 5.83. The van der Waals surface area contributed by atoms with Crippen molar-refractivity contribution in [3.8, 4) is 0 Å². The van der Waals surface area contributed by atoms with E-state index in [0.717, 1.165) is 5.39 Å². The van der Waals surface area contributed by atoms with Crippen LogP contribution in [0.5, 0.6) is 0 Å². The first kappa shape index (κ1) is 10.1. The monoisotopic (exact) mass is 220 g/mol. The van der Waals surface area contributed by atoms with Crippen LogP contribution in [0.25, 0.3) is 10.9 Å². The van der Waals surface area contributed by atoms with Crippen LogP contribution in [0, 0.1) is 10.1 Å². The van der Waals surface area contributed by atoms with Crippen molar-refractivity contribution in [1.29, 1.82) is 0 Å². The molecule has 7 nitrogen and oxygen atoms in total. The molecular weight excluding hydrogens is 212 g/mol. The SMILES string of the molecule is NC(=O)Cn1ncc2ccc([N+](=O)[O-])cc21. The van der Waals surface area contributed by atoms with Crippen LogP contribution in [0.4, 0.5) is 5.69 Å². The van der Waals surface area contributed by atoms with Gasteiger partial charge in [-0.2, -0.15) is 5.10 Å². The highest BCUT2D eigenvalue weighted by Gasteiger charge is 2.10. The lowest BCUT2D eigenvalue weighted by Crippen LogP contribution is -2.19. The number of nitro benzene ring substituents is 1. The van der Waals surface area contributed by atoms with E-state index >= 15 is 0 Å². The molecule has 0 fully saturated rings. The number of fused-ring (bicyclic) bond motifs is 1. The van der Waals surface area contributed by atoms with Gasteiger partial charge in [0, 0.05) is 17.5 Å². The Morgan fingerprint density at radius 3 is 2.94 bits per heavy atom. The molecule has 0 aliphatic heterocycles. The van der Waals surface area contributed by atoms with Crippen molar-refractivity contribution >= 4 is 22.5 Å². The van der Waals surface area contributed by atoms with E-state index in [2.05, 4.69) is 5.10 Å². The number of non-ortho nitro benzene ring substituents is 1. The van der Waals surface area contributed by atoms with E-state index in [1.165, 1.54) is 23.0 Å². The van der Waals surface area contributed by atoms with E-state index in [-0.39, 0.29) is 12.2 Å². The third-order valence-corrected chi connectivity index (χ3v) is 2.14. The molecule has 82 valence electrons. The van der Waals surface area contributed by atoms with Gasteiger partial charge in [0.05, 0.1) is 16.6 Å². The minimum atomic E-state index is -0.545. The Balaban J connectivity index is 2.55. The molecule has 2 rings (SSSR count). The van der Waals surface area contributed by atoms with Crippen molar-refractivity contribution in [3.63, 3.8) is 0 Å². The largest absolute Gasteiger partial charge is 0.368 e. The molecule has 0 unspecified atom stereocenters. The van der Waals surface area contributed by atoms with Crippen molar-refractivity contribution < 1.29 is 9.72 Å². The van der Waals surface area contributed by atoms with Crippen LogP contribution in [0.1, 0.15) is 0 Å². The summed E-state index contributed by atoms with van der Waals surface area (Å²) in [4.78, 5) is 20.8. The summed E-state index contributed by atoms with van der Waals surface area (Å²) in [5.74, 6) is -0.545. The lowest BCUT2D eigenvalue weighted by molar-refractivity contribution is -0.384. The average Bonchev–Trinajstić information content (AvgIpc) is 2.60. The van der Waals surface area contributed by atoms with Crippen LogP contribution in [0.3, 0.4) is 0 Å². The summed E-state index contributed by atoms with van der Waals surface area (Å²) in [5, 5.41) is 15.2. The lowest BCUT2D eigenvalue weighted by atomic mass is 10.2. The average molecular weight is 220 g/mol. The quantitative estimate of drug-likeness (QED) is 0.598. The van der Waals surface area contributed by atoms with Crippen LogP contribution < -0.4 is 5.73 Å². The van der Waals surface area contributed by atoms with Crippen molar-refractivity contribution in [3.05, 3.63) is 34.5 Å². The molecule has 1 heterocycles. The molecule has 2 N–H and O–H groups in total. The van der Waals surface area contributed by atoms with E-state index in [9.17, 15) is 14.9 Å². The maximum absolute atomic E-state index is 10.8. The molecule has 0 spiro atoms. The summed E-state index contributed by atoms with van der Waals surface area (Å²) >= 11 is 0. The third-order valence-electron chi connectivity index (χ3n) is 2.14. The van der Waals surface area contributed by atoms with Gasteiger partial charge in [-0.05, 0) is 6.07 Å². The van der Waals surface area contributed by atoms with Gasteiger partial charge in [0.2, 0.25) is 5.91 Å². The number of carbonyl (C=O) groups excluding carboxylic acids is 1. The van der Waals surface area contributed by atoms with Gasteiger partial charge in [0.25, 0.3) is 5.69 Å². The second kappa shape index (κ2) is 3.61. The number of hydrogen-bond acceptors (Lipinski definition) is 4. The molecule has 0 bridgehead atoms. The normalized spacial score (nSPS) is 10.5. The molecule has 1 amide bonds. The minimum absolute atomic E-state index is 0.0429. The van der Waals surface area contributed by atoms with Crippen LogP contribution in [0.15, 0.2) is 24.4 Å². The Morgan fingerprint density at radius 2 is 2.31 bits per heavy atom. The van der Waals surface area contributed by atoms with Gasteiger partial charge in [0.1, 0.15) is 6.54 Å². The number of rotatable bonds is 3. The molecule has 0 aliphatic carbocycles. The highest BCUT2D eigenvalue weighted by atomic mass is 16.6. The first-order valence-electron chi connectivity index (χ1n) is 4.46. The van der Waals surface area contributed by atoms with Gasteiger partial charge >= 0.3 is 0 Å². The molecule has 0 saturated carbocycles. The van der Waals surface area contributed by atoms with E-state index in [4.69, 9.17) is 5.73 Å². The fourth-order valence-electron chi connectivity index (χ4n) is 1.45. The fourth-order valence-corrected chi connectivity index (χ4v) is 1.45. The van der Waals surface area contributed by atoms with Crippen LogP contribution in [-0.2, 0) is 11.3 Å². The summed E-state index contributed by atoms with van der Waals surface area (Å²) < 4.78 is 1.34. The van der Waals surface area contributed by atoms with Crippen molar-refractivity contribution in [2.45, 2.75) is 6.54 Å². The van der Waals surface area contributed by atoms with Crippen LogP contribution in [0.2, 0.25) is 0 Å². The highest BCUT2D eigenvalue weighted by Crippen LogP contribution is 2.20. The summed E-state index contributed by atoms with van der Waals surface area (Å²) in [6.07, 6.45) is 1.53. The van der Waals surface area contributed by atoms with Crippen molar-refractivity contribution in [1.82, 2.24) is 9.78 Å². The summed E-state index contributed by atoms with van der Waals surface area (Å²) in [6.45, 7) is -0.0926. The van der Waals surface area contributed by atoms with Crippen molar-refractivity contribution in [2.75, 3.05) is 0 Å². The number of nitrogens with two attached hydrogens (primary N) is 1. The molecule has 2 aromatic rings. The fraction of sp³-hybridized carbons (Fsp3) is 0.111. The van der Waals surface area contributed by atoms with E-state index < -0.39 is 10.8 Å². The van der Waals surface area contributed by atoms with Gasteiger partial charge in [-0.15, -0.1) is 0 Å². The minimum Gasteiger partial charge on any atom is -0.368 e. The molecule has 0 radical (unpaired) electrons. The van der Waals surface area contributed by atoms with Gasteiger partial charge in [-0.25, -0.2) is 0 Å². The number of nitro groups is 1. The van der Waals surface area contributed by atoms with Crippen LogP contribution >= 0.6 is 0 Å². The van der Waals surface area contributed by atoms with Crippen molar-refractivity contribution in [2.24, 2.45) is 5.73 Å². The number of amides is 1. The molecular formula is C9H8N4O3. The number of hydrogen-bond donors (Lipinski definition) is 1. The van der Waals surface area contributed by atoms with Gasteiger partial charge in [-0.1, -0.05) is 0 Å². The lowest BCUT2D eigenvalue weighted by Gasteiger charge is -1.99. The van der Waals surface area contributed by atoms with Gasteiger partial charge < -0.3 is 5.73 Å². The van der Waals surface area contributed by atoms with E-state index in [1.54, 1.807) is 6.07 Å². The molecule has 0 saturated heterocycles. The molecule has 1 aromatic heterocycles. The number of aromatic nitrogens is 2. The zero-order valence-corrected chi connectivity index (χ0v) is 8.16.